The van der Waals surface area contributed by atoms with Crippen LogP contribution in [0.2, 0.25) is 0 Å². The Morgan fingerprint density at radius 2 is 1.53 bits per heavy atom. The van der Waals surface area contributed by atoms with Crippen molar-refractivity contribution in [2.45, 2.75) is 20.4 Å². The molecule has 2 amide bonds. The van der Waals surface area contributed by atoms with Crippen molar-refractivity contribution in [2.24, 2.45) is 0 Å². The third kappa shape index (κ3) is 5.68. The number of rotatable bonds is 6. The number of piperazine rings is 1. The SMILES string of the molecule is Cc1cccc(C)c1NC(=O)CN1CCN(Cc2cccc(C(=O)N(C)C)c2)CC1. The highest BCUT2D eigenvalue weighted by Gasteiger charge is 2.20. The van der Waals surface area contributed by atoms with Gasteiger partial charge in [0.25, 0.3) is 5.91 Å². The molecule has 6 nitrogen and oxygen atoms in total. The Morgan fingerprint density at radius 3 is 2.17 bits per heavy atom. The van der Waals surface area contributed by atoms with Gasteiger partial charge in [0.2, 0.25) is 5.91 Å². The molecule has 160 valence electrons. The number of para-hydroxylation sites is 1. The minimum absolute atomic E-state index is 0.0246. The van der Waals surface area contributed by atoms with Gasteiger partial charge in [-0.3, -0.25) is 19.4 Å². The van der Waals surface area contributed by atoms with Gasteiger partial charge < -0.3 is 10.2 Å². The van der Waals surface area contributed by atoms with Gasteiger partial charge in [-0.15, -0.1) is 0 Å². The van der Waals surface area contributed by atoms with Crippen molar-refractivity contribution in [3.05, 3.63) is 64.7 Å². The summed E-state index contributed by atoms with van der Waals surface area (Å²) in [4.78, 5) is 30.9. The first-order valence-corrected chi connectivity index (χ1v) is 10.4. The highest BCUT2D eigenvalue weighted by molar-refractivity contribution is 5.94. The predicted molar refractivity (Wildman–Crippen MR) is 121 cm³/mol. The van der Waals surface area contributed by atoms with E-state index in [0.29, 0.717) is 6.54 Å². The first-order chi connectivity index (χ1) is 14.3. The fraction of sp³-hybridized carbons (Fsp3) is 0.417. The zero-order chi connectivity index (χ0) is 21.7. The molecule has 3 rings (SSSR count). The summed E-state index contributed by atoms with van der Waals surface area (Å²) in [6.07, 6.45) is 0. The van der Waals surface area contributed by atoms with Crippen LogP contribution in [-0.4, -0.2) is 73.3 Å². The molecule has 2 aromatic carbocycles. The highest BCUT2D eigenvalue weighted by Crippen LogP contribution is 2.19. The fourth-order valence-corrected chi connectivity index (χ4v) is 3.82. The first-order valence-electron chi connectivity index (χ1n) is 10.4. The van der Waals surface area contributed by atoms with Crippen LogP contribution in [0.4, 0.5) is 5.69 Å². The van der Waals surface area contributed by atoms with Crippen LogP contribution in [0.1, 0.15) is 27.0 Å². The summed E-state index contributed by atoms with van der Waals surface area (Å²) < 4.78 is 0. The minimum atomic E-state index is 0.0246. The van der Waals surface area contributed by atoms with Gasteiger partial charge >= 0.3 is 0 Å². The molecule has 0 spiro atoms. The molecule has 2 aromatic rings. The molecule has 30 heavy (non-hydrogen) atoms. The van der Waals surface area contributed by atoms with E-state index in [2.05, 4.69) is 21.2 Å². The van der Waals surface area contributed by atoms with E-state index in [1.165, 1.54) is 0 Å². The van der Waals surface area contributed by atoms with Gasteiger partial charge in [0.1, 0.15) is 0 Å². The average molecular weight is 409 g/mol. The standard InChI is InChI=1S/C24H32N4O2/c1-18-7-5-8-19(2)23(18)25-22(29)17-28-13-11-27(12-14-28)16-20-9-6-10-21(15-20)24(30)26(3)4/h5-10,15H,11-14,16-17H2,1-4H3,(H,25,29). The van der Waals surface area contributed by atoms with Gasteiger partial charge in [0.15, 0.2) is 0 Å². The maximum absolute atomic E-state index is 12.5. The summed E-state index contributed by atoms with van der Waals surface area (Å²) in [7, 11) is 3.54. The van der Waals surface area contributed by atoms with Crippen molar-refractivity contribution in [3.8, 4) is 0 Å². The minimum Gasteiger partial charge on any atom is -0.345 e. The molecule has 0 radical (unpaired) electrons. The fourth-order valence-electron chi connectivity index (χ4n) is 3.82. The largest absolute Gasteiger partial charge is 0.345 e. The smallest absolute Gasteiger partial charge is 0.253 e. The Balaban J connectivity index is 1.49. The summed E-state index contributed by atoms with van der Waals surface area (Å²) in [6, 6.07) is 13.9. The average Bonchev–Trinajstić information content (AvgIpc) is 2.72. The van der Waals surface area contributed by atoms with Crippen molar-refractivity contribution < 1.29 is 9.59 Å². The van der Waals surface area contributed by atoms with Crippen LogP contribution in [0.15, 0.2) is 42.5 Å². The maximum atomic E-state index is 12.5. The molecule has 1 aliphatic rings. The number of aryl methyl sites for hydroxylation is 2. The Morgan fingerprint density at radius 1 is 0.933 bits per heavy atom. The molecule has 1 fully saturated rings. The number of benzene rings is 2. The highest BCUT2D eigenvalue weighted by atomic mass is 16.2. The van der Waals surface area contributed by atoms with E-state index in [1.807, 2.05) is 50.2 Å². The second-order valence-corrected chi connectivity index (χ2v) is 8.27. The number of carbonyl (C=O) groups is 2. The lowest BCUT2D eigenvalue weighted by atomic mass is 10.1. The predicted octanol–water partition coefficient (Wildman–Crippen LogP) is 2.76. The van der Waals surface area contributed by atoms with Crippen molar-refractivity contribution in [3.63, 3.8) is 0 Å². The van der Waals surface area contributed by atoms with Gasteiger partial charge in [0.05, 0.1) is 6.54 Å². The number of nitrogens with zero attached hydrogens (tertiary/aromatic N) is 3. The quantitative estimate of drug-likeness (QED) is 0.799. The van der Waals surface area contributed by atoms with Crippen LogP contribution in [0.25, 0.3) is 0 Å². The van der Waals surface area contributed by atoms with E-state index in [0.717, 1.165) is 60.7 Å². The molecule has 0 aliphatic carbocycles. The van der Waals surface area contributed by atoms with Gasteiger partial charge in [-0.05, 0) is 42.7 Å². The van der Waals surface area contributed by atoms with Crippen LogP contribution in [0, 0.1) is 13.8 Å². The van der Waals surface area contributed by atoms with Gasteiger partial charge in [-0.25, -0.2) is 0 Å². The third-order valence-electron chi connectivity index (χ3n) is 5.56. The molecule has 0 atom stereocenters. The van der Waals surface area contributed by atoms with Crippen LogP contribution in [-0.2, 0) is 11.3 Å². The van der Waals surface area contributed by atoms with Gasteiger partial charge in [-0.1, -0.05) is 30.3 Å². The monoisotopic (exact) mass is 408 g/mol. The number of carbonyl (C=O) groups excluding carboxylic acids is 2. The normalized spacial score (nSPS) is 15.1. The number of nitrogens with one attached hydrogen (secondary N) is 1. The summed E-state index contributed by atoms with van der Waals surface area (Å²) in [6.45, 7) is 8.79. The number of hydrogen-bond acceptors (Lipinski definition) is 4. The molecular formula is C24H32N4O2. The third-order valence-corrected chi connectivity index (χ3v) is 5.56. The van der Waals surface area contributed by atoms with E-state index < -0.39 is 0 Å². The van der Waals surface area contributed by atoms with Crippen LogP contribution in [0.5, 0.6) is 0 Å². The molecule has 1 N–H and O–H groups in total. The van der Waals surface area contributed by atoms with Crippen LogP contribution < -0.4 is 5.32 Å². The molecule has 1 aliphatic heterocycles. The zero-order valence-corrected chi connectivity index (χ0v) is 18.4. The maximum Gasteiger partial charge on any atom is 0.253 e. The molecule has 1 saturated heterocycles. The van der Waals surface area contributed by atoms with Crippen LogP contribution >= 0.6 is 0 Å². The van der Waals surface area contributed by atoms with E-state index in [-0.39, 0.29) is 11.8 Å². The first kappa shape index (κ1) is 22.0. The summed E-state index contributed by atoms with van der Waals surface area (Å²) >= 11 is 0. The van der Waals surface area contributed by atoms with E-state index in [1.54, 1.807) is 19.0 Å². The molecule has 0 aromatic heterocycles. The van der Waals surface area contributed by atoms with Crippen molar-refractivity contribution in [1.82, 2.24) is 14.7 Å². The lowest BCUT2D eigenvalue weighted by molar-refractivity contribution is -0.117. The number of amides is 2. The Bertz CT molecular complexity index is 882. The van der Waals surface area contributed by atoms with E-state index >= 15 is 0 Å². The molecule has 0 unspecified atom stereocenters. The molecule has 0 bridgehead atoms. The molecule has 6 heteroatoms. The summed E-state index contributed by atoms with van der Waals surface area (Å²) in [5.74, 6) is 0.0623. The van der Waals surface area contributed by atoms with Crippen molar-refractivity contribution in [2.75, 3.05) is 52.1 Å². The second-order valence-electron chi connectivity index (χ2n) is 8.27. The van der Waals surface area contributed by atoms with E-state index in [9.17, 15) is 9.59 Å². The molecular weight excluding hydrogens is 376 g/mol. The van der Waals surface area contributed by atoms with Gasteiger partial charge in [-0.2, -0.15) is 0 Å². The van der Waals surface area contributed by atoms with Crippen molar-refractivity contribution >= 4 is 17.5 Å². The van der Waals surface area contributed by atoms with Crippen molar-refractivity contribution in [1.29, 1.82) is 0 Å². The Kier molecular flexibility index (Phi) is 7.24. The molecule has 1 heterocycles. The number of anilines is 1. The topological polar surface area (TPSA) is 55.9 Å². The van der Waals surface area contributed by atoms with E-state index in [4.69, 9.17) is 0 Å². The van der Waals surface area contributed by atoms with Gasteiger partial charge in [0, 0.05) is 58.1 Å². The zero-order valence-electron chi connectivity index (χ0n) is 18.4. The van der Waals surface area contributed by atoms with Crippen LogP contribution in [0.3, 0.4) is 0 Å². The molecule has 0 saturated carbocycles. The Labute approximate surface area is 179 Å². The second kappa shape index (κ2) is 9.87. The number of hydrogen-bond donors (Lipinski definition) is 1. The summed E-state index contributed by atoms with van der Waals surface area (Å²) in [5.41, 5.74) is 4.96. The lowest BCUT2D eigenvalue weighted by Gasteiger charge is -2.34. The lowest BCUT2D eigenvalue weighted by Crippen LogP contribution is -2.48. The summed E-state index contributed by atoms with van der Waals surface area (Å²) in [5, 5.41) is 3.07. The Hall–Kier alpha value is -2.70.